The lowest BCUT2D eigenvalue weighted by Crippen LogP contribution is -2.33. The van der Waals surface area contributed by atoms with Crippen LogP contribution in [0.3, 0.4) is 0 Å². The predicted octanol–water partition coefficient (Wildman–Crippen LogP) is 3.59. The third kappa shape index (κ3) is 4.54. The van der Waals surface area contributed by atoms with Gasteiger partial charge in [-0.3, -0.25) is 15.6 Å². The number of nitrogens with zero attached hydrogens (tertiary/aromatic N) is 3. The van der Waals surface area contributed by atoms with Gasteiger partial charge in [-0.2, -0.15) is 4.98 Å². The summed E-state index contributed by atoms with van der Waals surface area (Å²) in [6.07, 6.45) is 3.80. The van der Waals surface area contributed by atoms with Crippen molar-refractivity contribution in [2.75, 3.05) is 37.6 Å². The number of benzene rings is 1. The lowest BCUT2D eigenvalue weighted by molar-refractivity contribution is 0.202. The van der Waals surface area contributed by atoms with E-state index in [2.05, 4.69) is 32.6 Å². The zero-order valence-electron chi connectivity index (χ0n) is 17.2. The molecule has 3 N–H and O–H groups in total. The molecular weight excluding hydrogens is 370 g/mol. The van der Waals surface area contributed by atoms with Crippen LogP contribution in [0.2, 0.25) is 0 Å². The van der Waals surface area contributed by atoms with Crippen molar-refractivity contribution in [3.05, 3.63) is 30.0 Å². The molecule has 8 heteroatoms. The molecule has 2 heterocycles. The number of methoxy groups -OCH3 is 1. The topological polar surface area (TPSA) is 91.8 Å². The Balaban J connectivity index is 1.42. The minimum atomic E-state index is 0.333. The Morgan fingerprint density at radius 3 is 2.79 bits per heavy atom. The largest absolute Gasteiger partial charge is 0.493 e. The highest BCUT2D eigenvalue weighted by Gasteiger charge is 2.45. The Morgan fingerprint density at radius 2 is 2.07 bits per heavy atom. The molecule has 2 aliphatic rings. The van der Waals surface area contributed by atoms with Crippen LogP contribution >= 0.6 is 0 Å². The first kappa shape index (κ1) is 19.7. The lowest BCUT2D eigenvalue weighted by Gasteiger charge is -2.23. The molecule has 8 nitrogen and oxygen atoms in total. The van der Waals surface area contributed by atoms with Crippen LogP contribution < -0.4 is 20.3 Å². The van der Waals surface area contributed by atoms with E-state index < -0.39 is 0 Å². The van der Waals surface area contributed by atoms with E-state index in [1.54, 1.807) is 13.2 Å². The molecule has 0 spiro atoms. The van der Waals surface area contributed by atoms with E-state index >= 15 is 0 Å². The summed E-state index contributed by atoms with van der Waals surface area (Å²) in [5.41, 5.74) is 4.01. The van der Waals surface area contributed by atoms with Gasteiger partial charge in [0.2, 0.25) is 5.95 Å². The normalized spacial score (nSPS) is 20.3. The molecule has 156 valence electrons. The molecule has 1 saturated heterocycles. The van der Waals surface area contributed by atoms with E-state index in [0.717, 1.165) is 24.5 Å². The lowest BCUT2D eigenvalue weighted by atomic mass is 10.1. The maximum atomic E-state index is 9.10. The number of nitrogens with one attached hydrogen (secondary N) is 2. The highest BCUT2D eigenvalue weighted by atomic mass is 16.5. The van der Waals surface area contributed by atoms with Crippen LogP contribution in [-0.4, -0.2) is 52.4 Å². The molecular formula is C21H29N5O3. The van der Waals surface area contributed by atoms with Gasteiger partial charge in [0.25, 0.3) is 0 Å². The first-order chi connectivity index (χ1) is 14.0. The van der Waals surface area contributed by atoms with Gasteiger partial charge in [-0.15, -0.1) is 0 Å². The van der Waals surface area contributed by atoms with Crippen molar-refractivity contribution in [2.24, 2.45) is 5.92 Å². The van der Waals surface area contributed by atoms with Crippen LogP contribution in [0.1, 0.15) is 31.9 Å². The predicted molar refractivity (Wildman–Crippen MR) is 111 cm³/mol. The second-order valence-corrected chi connectivity index (χ2v) is 8.23. The molecule has 1 aromatic carbocycles. The summed E-state index contributed by atoms with van der Waals surface area (Å²) in [5, 5.41) is 12.3. The first-order valence-corrected chi connectivity index (χ1v) is 10.1. The average Bonchev–Trinajstić information content (AvgIpc) is 3.27. The highest BCUT2D eigenvalue weighted by Crippen LogP contribution is 2.43. The van der Waals surface area contributed by atoms with Gasteiger partial charge in [0.1, 0.15) is 0 Å². The molecule has 1 atom stereocenters. The number of ether oxygens (including phenoxy) is 2. The van der Waals surface area contributed by atoms with Crippen LogP contribution in [0.25, 0.3) is 0 Å². The Morgan fingerprint density at radius 1 is 1.24 bits per heavy atom. The Kier molecular flexibility index (Phi) is 5.47. The van der Waals surface area contributed by atoms with Crippen molar-refractivity contribution < 1.29 is 14.7 Å². The zero-order chi connectivity index (χ0) is 20.4. The van der Waals surface area contributed by atoms with Gasteiger partial charge in [-0.25, -0.2) is 4.98 Å². The fraction of sp³-hybridized carbons (Fsp3) is 0.524. The van der Waals surface area contributed by atoms with Crippen LogP contribution in [0.5, 0.6) is 11.5 Å². The van der Waals surface area contributed by atoms with Crippen molar-refractivity contribution in [1.29, 1.82) is 0 Å². The van der Waals surface area contributed by atoms with E-state index in [4.69, 9.17) is 14.7 Å². The molecule has 1 aromatic heterocycles. The maximum Gasteiger partial charge on any atom is 0.229 e. The van der Waals surface area contributed by atoms with Gasteiger partial charge in [0.05, 0.1) is 13.7 Å². The molecule has 0 amide bonds. The van der Waals surface area contributed by atoms with Crippen molar-refractivity contribution in [2.45, 2.75) is 38.6 Å². The molecule has 2 fully saturated rings. The number of anilines is 3. The molecule has 0 unspecified atom stereocenters. The summed E-state index contributed by atoms with van der Waals surface area (Å²) in [4.78, 5) is 11.2. The van der Waals surface area contributed by atoms with E-state index in [9.17, 15) is 0 Å². The van der Waals surface area contributed by atoms with E-state index in [-0.39, 0.29) is 0 Å². The number of hydrogen-bond acceptors (Lipinski definition) is 8. The van der Waals surface area contributed by atoms with E-state index in [0.29, 0.717) is 41.3 Å². The average molecular weight is 399 g/mol. The molecule has 1 saturated carbocycles. The number of rotatable bonds is 8. The minimum absolute atomic E-state index is 0.333. The van der Waals surface area contributed by atoms with Crippen LogP contribution in [0, 0.1) is 12.8 Å². The van der Waals surface area contributed by atoms with Crippen LogP contribution in [-0.2, 0) is 0 Å². The van der Waals surface area contributed by atoms with E-state index in [1.165, 1.54) is 19.3 Å². The van der Waals surface area contributed by atoms with Crippen molar-refractivity contribution in [1.82, 2.24) is 14.9 Å². The summed E-state index contributed by atoms with van der Waals surface area (Å²) < 4.78 is 11.6. The summed E-state index contributed by atoms with van der Waals surface area (Å²) in [6.45, 7) is 7.13. The molecule has 29 heavy (non-hydrogen) atoms. The van der Waals surface area contributed by atoms with Crippen LogP contribution in [0.4, 0.5) is 17.5 Å². The fourth-order valence-corrected chi connectivity index (χ4v) is 3.84. The van der Waals surface area contributed by atoms with Gasteiger partial charge in [-0.05, 0) is 51.8 Å². The van der Waals surface area contributed by atoms with Gasteiger partial charge >= 0.3 is 0 Å². The Bertz CT molecular complexity index is 871. The monoisotopic (exact) mass is 399 g/mol. The standard InChI is InChI=1S/C21H29N5O3/c1-14-10-19(25-27)24-20(22-14)23-16-4-5-17(28-3)18(11-16)29-13-15-6-9-26(12-15)21(2)7-8-21/h4-5,10-11,15,27H,6-9,12-13H2,1-3H3,(H2,22,23,24,25)/t15-/m1/s1. The van der Waals surface area contributed by atoms with Gasteiger partial charge in [-0.1, -0.05) is 0 Å². The second kappa shape index (κ2) is 8.04. The highest BCUT2D eigenvalue weighted by molar-refractivity contribution is 5.60. The summed E-state index contributed by atoms with van der Waals surface area (Å²) in [7, 11) is 1.64. The molecule has 1 aliphatic carbocycles. The third-order valence-corrected chi connectivity index (χ3v) is 5.89. The second-order valence-electron chi connectivity index (χ2n) is 8.23. The summed E-state index contributed by atoms with van der Waals surface area (Å²) in [5.74, 6) is 2.65. The number of hydrogen-bond donors (Lipinski definition) is 3. The van der Waals surface area contributed by atoms with Gasteiger partial charge in [0, 0.05) is 41.5 Å². The van der Waals surface area contributed by atoms with Gasteiger partial charge in [0.15, 0.2) is 17.3 Å². The smallest absolute Gasteiger partial charge is 0.229 e. The number of aryl methyl sites for hydroxylation is 1. The van der Waals surface area contributed by atoms with Crippen molar-refractivity contribution in [3.63, 3.8) is 0 Å². The third-order valence-electron chi connectivity index (χ3n) is 5.89. The van der Waals surface area contributed by atoms with E-state index in [1.807, 2.05) is 25.1 Å². The number of aromatic nitrogens is 2. The Hall–Kier alpha value is -2.58. The zero-order valence-corrected chi connectivity index (χ0v) is 17.2. The molecule has 4 rings (SSSR count). The van der Waals surface area contributed by atoms with Crippen molar-refractivity contribution >= 4 is 17.5 Å². The quantitative estimate of drug-likeness (QED) is 0.580. The molecule has 1 aliphatic heterocycles. The molecule has 0 bridgehead atoms. The van der Waals surface area contributed by atoms with Crippen molar-refractivity contribution in [3.8, 4) is 11.5 Å². The minimum Gasteiger partial charge on any atom is -0.493 e. The maximum absolute atomic E-state index is 9.10. The first-order valence-electron chi connectivity index (χ1n) is 10.1. The molecule has 2 aromatic rings. The molecule has 0 radical (unpaired) electrons. The van der Waals surface area contributed by atoms with Crippen LogP contribution in [0.15, 0.2) is 24.3 Å². The SMILES string of the molecule is COc1ccc(Nc2nc(C)cc(NO)n2)cc1OC[C@@H]1CCN(C2(C)CC2)C1. The summed E-state index contributed by atoms with van der Waals surface area (Å²) in [6, 6.07) is 7.30. The van der Waals surface area contributed by atoms with Gasteiger partial charge < -0.3 is 14.8 Å². The fourth-order valence-electron chi connectivity index (χ4n) is 3.84. The Labute approximate surface area is 171 Å². The summed E-state index contributed by atoms with van der Waals surface area (Å²) >= 11 is 0. The number of likely N-dealkylation sites (tertiary alicyclic amines) is 1.